The Kier molecular flexibility index (Phi) is 4.93. The van der Waals surface area contributed by atoms with Crippen LogP contribution in [0.2, 0.25) is 0 Å². The Morgan fingerprint density at radius 3 is 2.55 bits per heavy atom. The average Bonchev–Trinajstić information content (AvgIpc) is 2.86. The molecule has 0 radical (unpaired) electrons. The van der Waals surface area contributed by atoms with E-state index in [0.29, 0.717) is 0 Å². The third-order valence-electron chi connectivity index (χ3n) is 3.80. The van der Waals surface area contributed by atoms with Crippen molar-refractivity contribution in [3.05, 3.63) is 54.1 Å². The van der Waals surface area contributed by atoms with Crippen molar-refractivity contribution in [2.75, 3.05) is 7.05 Å². The predicted molar refractivity (Wildman–Crippen MR) is 80.2 cm³/mol. The van der Waals surface area contributed by atoms with E-state index in [1.54, 1.807) is 6.20 Å². The number of hydrogen-bond donors (Lipinski definition) is 1. The van der Waals surface area contributed by atoms with Crippen LogP contribution in [-0.4, -0.2) is 32.6 Å². The molecule has 4 nitrogen and oxygen atoms in total. The number of imidazole rings is 1. The van der Waals surface area contributed by atoms with Crippen molar-refractivity contribution in [1.29, 1.82) is 0 Å². The van der Waals surface area contributed by atoms with Crippen molar-refractivity contribution in [2.24, 2.45) is 7.05 Å². The Labute approximate surface area is 120 Å². The highest BCUT2D eigenvalue weighted by Crippen LogP contribution is 2.23. The van der Waals surface area contributed by atoms with Crippen LogP contribution in [0.3, 0.4) is 0 Å². The zero-order valence-electron chi connectivity index (χ0n) is 12.4. The standard InChI is InChI=1S/C16H23N3O/c1-4-14(16(20)13-8-6-5-7-9-13)19(3)12-15-17-10-11-18(15)2/h5-11,14,16,20H,4,12H2,1-3H3. The molecule has 20 heavy (non-hydrogen) atoms. The number of aliphatic hydroxyl groups is 1. The first-order chi connectivity index (χ1) is 9.63. The van der Waals surface area contributed by atoms with Gasteiger partial charge in [0.1, 0.15) is 5.82 Å². The highest BCUT2D eigenvalue weighted by Gasteiger charge is 2.23. The average molecular weight is 273 g/mol. The summed E-state index contributed by atoms with van der Waals surface area (Å²) in [5.41, 5.74) is 0.964. The van der Waals surface area contributed by atoms with E-state index in [-0.39, 0.29) is 6.04 Å². The molecular weight excluding hydrogens is 250 g/mol. The molecule has 0 saturated heterocycles. The van der Waals surface area contributed by atoms with E-state index in [4.69, 9.17) is 0 Å². The first-order valence-electron chi connectivity index (χ1n) is 7.03. The third kappa shape index (κ3) is 3.26. The first kappa shape index (κ1) is 14.8. The SMILES string of the molecule is CCC(C(O)c1ccccc1)N(C)Cc1nccn1C. The largest absolute Gasteiger partial charge is 0.387 e. The van der Waals surface area contributed by atoms with E-state index in [0.717, 1.165) is 24.4 Å². The molecule has 0 saturated carbocycles. The molecule has 1 N–H and O–H groups in total. The van der Waals surface area contributed by atoms with Gasteiger partial charge >= 0.3 is 0 Å². The van der Waals surface area contributed by atoms with Crippen molar-refractivity contribution >= 4 is 0 Å². The second-order valence-electron chi connectivity index (χ2n) is 5.20. The molecule has 2 atom stereocenters. The van der Waals surface area contributed by atoms with Crippen LogP contribution in [0.15, 0.2) is 42.7 Å². The molecule has 1 aromatic heterocycles. The van der Waals surface area contributed by atoms with E-state index >= 15 is 0 Å². The van der Waals surface area contributed by atoms with Gasteiger partial charge in [0.05, 0.1) is 12.6 Å². The van der Waals surface area contributed by atoms with Crippen LogP contribution in [0.5, 0.6) is 0 Å². The molecular formula is C16H23N3O. The molecule has 0 spiro atoms. The third-order valence-corrected chi connectivity index (χ3v) is 3.80. The predicted octanol–water partition coefficient (Wildman–Crippen LogP) is 2.36. The Morgan fingerprint density at radius 2 is 2.00 bits per heavy atom. The minimum absolute atomic E-state index is 0.0779. The lowest BCUT2D eigenvalue weighted by Gasteiger charge is -2.31. The van der Waals surface area contributed by atoms with Gasteiger partial charge in [-0.05, 0) is 19.0 Å². The van der Waals surface area contributed by atoms with Crippen molar-refractivity contribution in [1.82, 2.24) is 14.5 Å². The number of aliphatic hydroxyl groups excluding tert-OH is 1. The molecule has 2 rings (SSSR count). The summed E-state index contributed by atoms with van der Waals surface area (Å²) in [6.45, 7) is 2.83. The maximum Gasteiger partial charge on any atom is 0.122 e. The highest BCUT2D eigenvalue weighted by atomic mass is 16.3. The molecule has 0 aliphatic rings. The number of aryl methyl sites for hydroxylation is 1. The summed E-state index contributed by atoms with van der Waals surface area (Å²) in [6, 6.07) is 9.92. The van der Waals surface area contributed by atoms with Crippen LogP contribution in [-0.2, 0) is 13.6 Å². The molecule has 0 amide bonds. The lowest BCUT2D eigenvalue weighted by Crippen LogP contribution is -2.36. The van der Waals surface area contributed by atoms with Crippen LogP contribution in [0, 0.1) is 0 Å². The van der Waals surface area contributed by atoms with Gasteiger partial charge in [-0.15, -0.1) is 0 Å². The fourth-order valence-electron chi connectivity index (χ4n) is 2.54. The van der Waals surface area contributed by atoms with E-state index in [9.17, 15) is 5.11 Å². The number of rotatable bonds is 6. The van der Waals surface area contributed by atoms with Crippen LogP contribution in [0.4, 0.5) is 0 Å². The van der Waals surface area contributed by atoms with Gasteiger partial charge in [0.15, 0.2) is 0 Å². The molecule has 0 aliphatic carbocycles. The summed E-state index contributed by atoms with van der Waals surface area (Å²) in [5, 5.41) is 10.6. The molecule has 1 heterocycles. The molecule has 1 aromatic carbocycles. The Hall–Kier alpha value is -1.65. The van der Waals surface area contributed by atoms with Gasteiger partial charge in [-0.1, -0.05) is 37.3 Å². The molecule has 0 bridgehead atoms. The number of hydrogen-bond acceptors (Lipinski definition) is 3. The minimum Gasteiger partial charge on any atom is -0.387 e. The quantitative estimate of drug-likeness (QED) is 0.878. The van der Waals surface area contributed by atoms with Gasteiger partial charge in [0.2, 0.25) is 0 Å². The zero-order chi connectivity index (χ0) is 14.5. The molecule has 2 unspecified atom stereocenters. The Morgan fingerprint density at radius 1 is 1.30 bits per heavy atom. The van der Waals surface area contributed by atoms with Crippen LogP contribution in [0.25, 0.3) is 0 Å². The smallest absolute Gasteiger partial charge is 0.122 e. The Bertz CT molecular complexity index is 524. The van der Waals surface area contributed by atoms with Crippen molar-refractivity contribution in [3.8, 4) is 0 Å². The molecule has 4 heteroatoms. The fraction of sp³-hybridized carbons (Fsp3) is 0.438. The normalized spacial score (nSPS) is 14.4. The van der Waals surface area contributed by atoms with Crippen LogP contribution in [0.1, 0.15) is 30.8 Å². The van der Waals surface area contributed by atoms with Gasteiger partial charge in [-0.25, -0.2) is 4.98 Å². The van der Waals surface area contributed by atoms with E-state index < -0.39 is 6.10 Å². The number of aromatic nitrogens is 2. The maximum atomic E-state index is 10.6. The zero-order valence-corrected chi connectivity index (χ0v) is 12.4. The van der Waals surface area contributed by atoms with Gasteiger partial charge in [-0.2, -0.15) is 0 Å². The topological polar surface area (TPSA) is 41.3 Å². The van der Waals surface area contributed by atoms with Crippen molar-refractivity contribution < 1.29 is 5.11 Å². The van der Waals surface area contributed by atoms with Crippen molar-refractivity contribution in [3.63, 3.8) is 0 Å². The van der Waals surface area contributed by atoms with E-state index in [1.807, 2.05) is 55.2 Å². The fourth-order valence-corrected chi connectivity index (χ4v) is 2.54. The van der Waals surface area contributed by atoms with Crippen molar-refractivity contribution in [2.45, 2.75) is 32.0 Å². The van der Waals surface area contributed by atoms with Gasteiger partial charge in [0.25, 0.3) is 0 Å². The molecule has 108 valence electrons. The maximum absolute atomic E-state index is 10.6. The number of benzene rings is 1. The summed E-state index contributed by atoms with van der Waals surface area (Å²) < 4.78 is 2.01. The van der Waals surface area contributed by atoms with Crippen LogP contribution >= 0.6 is 0 Å². The van der Waals surface area contributed by atoms with Gasteiger partial charge in [0, 0.05) is 25.5 Å². The summed E-state index contributed by atoms with van der Waals surface area (Å²) >= 11 is 0. The summed E-state index contributed by atoms with van der Waals surface area (Å²) in [6.07, 6.45) is 4.15. The van der Waals surface area contributed by atoms with E-state index in [1.165, 1.54) is 0 Å². The van der Waals surface area contributed by atoms with Crippen LogP contribution < -0.4 is 0 Å². The number of likely N-dealkylation sites (N-methyl/N-ethyl adjacent to an activating group) is 1. The second-order valence-corrected chi connectivity index (χ2v) is 5.20. The lowest BCUT2D eigenvalue weighted by molar-refractivity contribution is 0.0546. The summed E-state index contributed by atoms with van der Waals surface area (Å²) in [5.74, 6) is 1.01. The molecule has 0 aliphatic heterocycles. The molecule has 2 aromatic rings. The second kappa shape index (κ2) is 6.68. The lowest BCUT2D eigenvalue weighted by atomic mass is 9.99. The molecule has 0 fully saturated rings. The number of nitrogens with zero attached hydrogens (tertiary/aromatic N) is 3. The van der Waals surface area contributed by atoms with Gasteiger partial charge < -0.3 is 9.67 Å². The Balaban J connectivity index is 2.09. The minimum atomic E-state index is -0.480. The highest BCUT2D eigenvalue weighted by molar-refractivity contribution is 5.18. The van der Waals surface area contributed by atoms with E-state index in [2.05, 4.69) is 16.8 Å². The first-order valence-corrected chi connectivity index (χ1v) is 7.03. The summed E-state index contributed by atoms with van der Waals surface area (Å²) in [4.78, 5) is 6.51. The summed E-state index contributed by atoms with van der Waals surface area (Å²) in [7, 11) is 4.03. The monoisotopic (exact) mass is 273 g/mol. The van der Waals surface area contributed by atoms with Gasteiger partial charge in [-0.3, -0.25) is 4.90 Å².